The van der Waals surface area contributed by atoms with Gasteiger partial charge in [-0.2, -0.15) is 14.8 Å². The van der Waals surface area contributed by atoms with Gasteiger partial charge in [-0.15, -0.1) is 0 Å². The number of rotatable bonds is 6. The predicted octanol–water partition coefficient (Wildman–Crippen LogP) is 1.04. The molecule has 0 aliphatic heterocycles. The van der Waals surface area contributed by atoms with Crippen molar-refractivity contribution in [2.24, 2.45) is 0 Å². The third-order valence-corrected chi connectivity index (χ3v) is 4.57. The number of nitrogens with zero attached hydrogens (tertiary/aromatic N) is 4. The van der Waals surface area contributed by atoms with Gasteiger partial charge in [0.2, 0.25) is 10.0 Å². The summed E-state index contributed by atoms with van der Waals surface area (Å²) in [5.41, 5.74) is 0.717. The van der Waals surface area contributed by atoms with E-state index in [4.69, 9.17) is 10.5 Å². The summed E-state index contributed by atoms with van der Waals surface area (Å²) in [5, 5.41) is 16.2. The van der Waals surface area contributed by atoms with Crippen LogP contribution >= 0.6 is 0 Å². The van der Waals surface area contributed by atoms with Crippen LogP contribution in [0.5, 0.6) is 0 Å². The topological polar surface area (TPSA) is 97.9 Å². The monoisotopic (exact) mass is 278 g/mol. The van der Waals surface area contributed by atoms with Gasteiger partial charge in [0.15, 0.2) is 5.25 Å². The highest BCUT2D eigenvalue weighted by molar-refractivity contribution is 7.89. The Morgan fingerprint density at radius 3 is 2.74 bits per heavy atom. The fourth-order valence-corrected chi connectivity index (χ4v) is 2.71. The lowest BCUT2D eigenvalue weighted by Crippen LogP contribution is -2.37. The van der Waals surface area contributed by atoms with E-state index >= 15 is 0 Å². The summed E-state index contributed by atoms with van der Waals surface area (Å²) in [5.74, 6) is 0. The van der Waals surface area contributed by atoms with Gasteiger partial charge in [0.25, 0.3) is 0 Å². The Labute approximate surface area is 113 Å². The van der Waals surface area contributed by atoms with Crippen LogP contribution < -0.4 is 0 Å². The summed E-state index contributed by atoms with van der Waals surface area (Å²) in [6, 6.07) is 7.08. The first-order chi connectivity index (χ1) is 9.02. The summed E-state index contributed by atoms with van der Waals surface area (Å²) in [6.45, 7) is 1.52. The molecule has 100 valence electrons. The first-order valence-corrected chi connectivity index (χ1v) is 7.17. The van der Waals surface area contributed by atoms with Gasteiger partial charge in [-0.1, -0.05) is 6.07 Å². The van der Waals surface area contributed by atoms with Crippen molar-refractivity contribution in [3.05, 3.63) is 30.1 Å². The number of pyridine rings is 1. The molecule has 6 nitrogen and oxygen atoms in total. The molecule has 0 saturated heterocycles. The highest BCUT2D eigenvalue weighted by atomic mass is 32.2. The van der Waals surface area contributed by atoms with Crippen LogP contribution in [-0.4, -0.2) is 29.5 Å². The van der Waals surface area contributed by atoms with Crippen molar-refractivity contribution in [2.45, 2.75) is 25.1 Å². The van der Waals surface area contributed by atoms with Crippen molar-refractivity contribution in [1.29, 1.82) is 10.5 Å². The van der Waals surface area contributed by atoms with E-state index in [0.29, 0.717) is 5.56 Å². The summed E-state index contributed by atoms with van der Waals surface area (Å²) in [7, 11) is -3.73. The van der Waals surface area contributed by atoms with Gasteiger partial charge in [-0.05, 0) is 18.6 Å². The molecular formula is C12H14N4O2S. The van der Waals surface area contributed by atoms with Gasteiger partial charge in [0.1, 0.15) is 0 Å². The van der Waals surface area contributed by atoms with Gasteiger partial charge in [-0.25, -0.2) is 8.42 Å². The maximum Gasteiger partial charge on any atom is 0.230 e. The van der Waals surface area contributed by atoms with Crippen molar-refractivity contribution in [3.8, 4) is 12.1 Å². The minimum Gasteiger partial charge on any atom is -0.264 e. The van der Waals surface area contributed by atoms with E-state index in [9.17, 15) is 8.42 Å². The Bertz CT molecular complexity index is 586. The third kappa shape index (κ3) is 4.02. The van der Waals surface area contributed by atoms with Crippen LogP contribution in [0.3, 0.4) is 0 Å². The van der Waals surface area contributed by atoms with E-state index in [-0.39, 0.29) is 19.5 Å². The van der Waals surface area contributed by atoms with E-state index in [2.05, 4.69) is 4.98 Å². The van der Waals surface area contributed by atoms with Crippen molar-refractivity contribution >= 4 is 10.0 Å². The number of hydrogen-bond acceptors (Lipinski definition) is 5. The smallest absolute Gasteiger partial charge is 0.230 e. The molecule has 0 aromatic carbocycles. The van der Waals surface area contributed by atoms with E-state index in [1.54, 1.807) is 30.6 Å². The highest BCUT2D eigenvalue weighted by Gasteiger charge is 2.28. The zero-order valence-corrected chi connectivity index (χ0v) is 11.3. The van der Waals surface area contributed by atoms with E-state index in [1.807, 2.05) is 6.07 Å². The molecule has 19 heavy (non-hydrogen) atoms. The average Bonchev–Trinajstić information content (AvgIpc) is 2.43. The number of sulfonamides is 1. The fourth-order valence-electron chi connectivity index (χ4n) is 1.46. The first kappa shape index (κ1) is 15.1. The minimum atomic E-state index is -3.73. The fraction of sp³-hybridized carbons (Fsp3) is 0.417. The zero-order valence-electron chi connectivity index (χ0n) is 10.5. The Kier molecular flexibility index (Phi) is 5.43. The summed E-state index contributed by atoms with van der Waals surface area (Å²) >= 11 is 0. The van der Waals surface area contributed by atoms with Gasteiger partial charge in [0.05, 0.1) is 12.1 Å². The van der Waals surface area contributed by atoms with Gasteiger partial charge >= 0.3 is 0 Å². The van der Waals surface area contributed by atoms with Gasteiger partial charge in [-0.3, -0.25) is 4.98 Å². The van der Waals surface area contributed by atoms with Crippen LogP contribution in [0.1, 0.15) is 18.9 Å². The van der Waals surface area contributed by atoms with Crippen LogP contribution in [0.4, 0.5) is 0 Å². The molecule has 0 aliphatic carbocycles. The zero-order chi connectivity index (χ0) is 14.3. The lowest BCUT2D eigenvalue weighted by molar-refractivity contribution is 0.410. The molecule has 0 amide bonds. The van der Waals surface area contributed by atoms with Gasteiger partial charge in [0, 0.05) is 31.9 Å². The normalized spacial score (nSPS) is 12.6. The Hall–Kier alpha value is -1.96. The second-order valence-corrected chi connectivity index (χ2v) is 6.17. The van der Waals surface area contributed by atoms with Crippen molar-refractivity contribution in [2.75, 3.05) is 6.54 Å². The molecule has 0 spiro atoms. The van der Waals surface area contributed by atoms with Crippen LogP contribution in [0.15, 0.2) is 24.5 Å². The molecule has 1 aromatic rings. The van der Waals surface area contributed by atoms with Crippen molar-refractivity contribution < 1.29 is 8.42 Å². The second kappa shape index (κ2) is 6.83. The Morgan fingerprint density at radius 1 is 1.47 bits per heavy atom. The number of aromatic nitrogens is 1. The molecule has 1 atom stereocenters. The quantitative estimate of drug-likeness (QED) is 0.774. The molecule has 7 heteroatoms. The first-order valence-electron chi connectivity index (χ1n) is 5.66. The molecule has 1 rings (SSSR count). The number of hydrogen-bond donors (Lipinski definition) is 0. The van der Waals surface area contributed by atoms with Gasteiger partial charge < -0.3 is 0 Å². The van der Waals surface area contributed by atoms with E-state index < -0.39 is 15.3 Å². The second-order valence-electron chi connectivity index (χ2n) is 3.92. The molecule has 0 saturated carbocycles. The highest BCUT2D eigenvalue weighted by Crippen LogP contribution is 2.13. The standard InChI is InChI=1S/C12H14N4O2S/c1-11(8-14)19(17,18)16(7-3-5-13)10-12-4-2-6-15-9-12/h2,4,6,9,11H,3,7,10H2,1H3. The Morgan fingerprint density at radius 2 is 2.21 bits per heavy atom. The molecule has 1 aromatic heterocycles. The van der Waals surface area contributed by atoms with E-state index in [0.717, 1.165) is 4.31 Å². The van der Waals surface area contributed by atoms with Crippen LogP contribution in [0, 0.1) is 22.7 Å². The Balaban J connectivity index is 2.97. The summed E-state index contributed by atoms with van der Waals surface area (Å²) < 4.78 is 25.4. The van der Waals surface area contributed by atoms with Crippen molar-refractivity contribution in [3.63, 3.8) is 0 Å². The van der Waals surface area contributed by atoms with Crippen LogP contribution in [-0.2, 0) is 16.6 Å². The largest absolute Gasteiger partial charge is 0.264 e. The van der Waals surface area contributed by atoms with Crippen molar-refractivity contribution in [1.82, 2.24) is 9.29 Å². The summed E-state index contributed by atoms with van der Waals surface area (Å²) in [6.07, 6.45) is 3.24. The number of nitriles is 2. The predicted molar refractivity (Wildman–Crippen MR) is 68.9 cm³/mol. The molecule has 1 heterocycles. The molecule has 1 unspecified atom stereocenters. The molecule has 0 aliphatic rings. The maximum atomic E-state index is 12.1. The average molecular weight is 278 g/mol. The summed E-state index contributed by atoms with van der Waals surface area (Å²) in [4.78, 5) is 3.91. The third-order valence-electron chi connectivity index (χ3n) is 2.54. The lowest BCUT2D eigenvalue weighted by atomic mass is 10.3. The maximum absolute atomic E-state index is 12.1. The molecule has 0 fully saturated rings. The molecular weight excluding hydrogens is 264 g/mol. The molecule has 0 bridgehead atoms. The molecule has 0 N–H and O–H groups in total. The molecule has 0 radical (unpaired) electrons. The van der Waals surface area contributed by atoms with Crippen LogP contribution in [0.2, 0.25) is 0 Å². The van der Waals surface area contributed by atoms with Crippen LogP contribution in [0.25, 0.3) is 0 Å². The SMILES string of the molecule is CC(C#N)S(=O)(=O)N(CCC#N)Cc1cccnc1. The van der Waals surface area contributed by atoms with E-state index in [1.165, 1.54) is 6.92 Å². The minimum absolute atomic E-state index is 0.0692. The lowest BCUT2D eigenvalue weighted by Gasteiger charge is -2.22.